The lowest BCUT2D eigenvalue weighted by Gasteiger charge is -2.01. The van der Waals surface area contributed by atoms with Gasteiger partial charge in [-0.3, -0.25) is 0 Å². The van der Waals surface area contributed by atoms with Crippen molar-refractivity contribution in [2.45, 2.75) is 58.0 Å². The van der Waals surface area contributed by atoms with E-state index in [0.717, 1.165) is 24.8 Å². The Morgan fingerprint density at radius 3 is 2.62 bits per heavy atom. The first-order valence-corrected chi connectivity index (χ1v) is 6.26. The first-order chi connectivity index (χ1) is 7.74. The quantitative estimate of drug-likeness (QED) is 0.355. The molecule has 90 valence electrons. The molecule has 0 aromatic heterocycles. The second-order valence-corrected chi connectivity index (χ2v) is 4.40. The number of unbranched alkanes of at least 4 members (excludes halogenated alkanes) is 5. The second kappa shape index (κ2) is 7.26. The molecule has 1 atom stereocenters. The molecule has 0 saturated heterocycles. The van der Waals surface area contributed by atoms with Gasteiger partial charge in [-0.2, -0.15) is 0 Å². The van der Waals surface area contributed by atoms with Crippen LogP contribution in [-0.2, 0) is 9.53 Å². The third-order valence-electron chi connectivity index (χ3n) is 2.85. The lowest BCUT2D eigenvalue weighted by molar-refractivity contribution is -0.139. The minimum Gasteiger partial charge on any atom is -0.455 e. The Labute approximate surface area is 98.4 Å². The highest BCUT2D eigenvalue weighted by atomic mass is 16.5. The number of esters is 1. The van der Waals surface area contributed by atoms with Crippen molar-refractivity contribution in [1.82, 2.24) is 0 Å². The summed E-state index contributed by atoms with van der Waals surface area (Å²) >= 11 is 0. The highest BCUT2D eigenvalue weighted by molar-refractivity contribution is 5.90. The highest BCUT2D eigenvalue weighted by Crippen LogP contribution is 2.19. The smallest absolute Gasteiger partial charge is 0.334 e. The number of cyclic esters (lactones) is 1. The van der Waals surface area contributed by atoms with Crippen molar-refractivity contribution in [2.24, 2.45) is 0 Å². The van der Waals surface area contributed by atoms with Crippen molar-refractivity contribution in [2.75, 3.05) is 0 Å². The van der Waals surface area contributed by atoms with Gasteiger partial charge in [-0.05, 0) is 38.7 Å². The van der Waals surface area contributed by atoms with Crippen LogP contribution in [0.3, 0.4) is 0 Å². The summed E-state index contributed by atoms with van der Waals surface area (Å²) in [5.74, 6) is -0.112. The zero-order valence-corrected chi connectivity index (χ0v) is 10.2. The van der Waals surface area contributed by atoms with Gasteiger partial charge in [0.2, 0.25) is 0 Å². The van der Waals surface area contributed by atoms with Crippen molar-refractivity contribution in [3.05, 3.63) is 24.3 Å². The molecule has 0 radical (unpaired) electrons. The fraction of sp³-hybridized carbons (Fsp3) is 0.643. The van der Waals surface area contributed by atoms with Crippen LogP contribution in [-0.4, -0.2) is 12.1 Å². The van der Waals surface area contributed by atoms with E-state index in [1.807, 2.05) is 19.1 Å². The number of ether oxygens (including phenoxy) is 1. The molecule has 2 nitrogen and oxygen atoms in total. The van der Waals surface area contributed by atoms with Gasteiger partial charge in [0.05, 0.1) is 0 Å². The van der Waals surface area contributed by atoms with Gasteiger partial charge in [-0.15, -0.1) is 6.58 Å². The fourth-order valence-corrected chi connectivity index (χ4v) is 1.95. The number of carbonyl (C=O) groups excluding carboxylic acids is 1. The van der Waals surface area contributed by atoms with Crippen LogP contribution in [0.4, 0.5) is 0 Å². The summed E-state index contributed by atoms with van der Waals surface area (Å²) < 4.78 is 5.04. The number of allylic oxidation sites excluding steroid dienone is 1. The maximum atomic E-state index is 11.3. The minimum atomic E-state index is -0.112. The van der Waals surface area contributed by atoms with Gasteiger partial charge in [0.15, 0.2) is 0 Å². The van der Waals surface area contributed by atoms with Gasteiger partial charge >= 0.3 is 5.97 Å². The molecule has 16 heavy (non-hydrogen) atoms. The third kappa shape index (κ3) is 4.65. The van der Waals surface area contributed by atoms with Gasteiger partial charge in [-0.1, -0.05) is 25.3 Å². The van der Waals surface area contributed by atoms with E-state index in [4.69, 9.17) is 4.74 Å². The Kier molecular flexibility index (Phi) is 5.91. The van der Waals surface area contributed by atoms with Crippen LogP contribution in [0.15, 0.2) is 24.3 Å². The molecule has 2 heteroatoms. The van der Waals surface area contributed by atoms with Crippen LogP contribution in [0, 0.1) is 0 Å². The lowest BCUT2D eigenvalue weighted by atomic mass is 10.1. The summed E-state index contributed by atoms with van der Waals surface area (Å²) in [6.07, 6.45) is 12.0. The Morgan fingerprint density at radius 1 is 1.31 bits per heavy atom. The summed E-state index contributed by atoms with van der Waals surface area (Å²) in [4.78, 5) is 11.3. The van der Waals surface area contributed by atoms with Crippen molar-refractivity contribution in [1.29, 1.82) is 0 Å². The summed E-state index contributed by atoms with van der Waals surface area (Å²) in [7, 11) is 0. The molecule has 0 unspecified atom stereocenters. The van der Waals surface area contributed by atoms with Gasteiger partial charge in [0.25, 0.3) is 0 Å². The van der Waals surface area contributed by atoms with E-state index in [0.29, 0.717) is 0 Å². The van der Waals surface area contributed by atoms with E-state index in [9.17, 15) is 4.79 Å². The van der Waals surface area contributed by atoms with Gasteiger partial charge < -0.3 is 4.74 Å². The Balaban J connectivity index is 2.01. The Hall–Kier alpha value is -1.05. The van der Waals surface area contributed by atoms with Crippen LogP contribution in [0.5, 0.6) is 0 Å². The zero-order valence-electron chi connectivity index (χ0n) is 10.2. The number of hydrogen-bond acceptors (Lipinski definition) is 2. The van der Waals surface area contributed by atoms with E-state index < -0.39 is 0 Å². The molecule has 0 amide bonds. The van der Waals surface area contributed by atoms with Crippen LogP contribution < -0.4 is 0 Å². The monoisotopic (exact) mass is 222 g/mol. The average Bonchev–Trinajstić information content (AvgIpc) is 2.56. The lowest BCUT2D eigenvalue weighted by Crippen LogP contribution is -2.03. The predicted molar refractivity (Wildman–Crippen MR) is 66.2 cm³/mol. The fourth-order valence-electron chi connectivity index (χ4n) is 1.95. The van der Waals surface area contributed by atoms with Crippen molar-refractivity contribution in [3.8, 4) is 0 Å². The van der Waals surface area contributed by atoms with Crippen molar-refractivity contribution in [3.63, 3.8) is 0 Å². The van der Waals surface area contributed by atoms with Crippen LogP contribution >= 0.6 is 0 Å². The molecule has 1 heterocycles. The van der Waals surface area contributed by atoms with Gasteiger partial charge in [0, 0.05) is 5.57 Å². The van der Waals surface area contributed by atoms with Gasteiger partial charge in [0.1, 0.15) is 6.10 Å². The standard InChI is InChI=1S/C14H22O2/c1-3-4-5-6-7-8-9-10-13-11-12(2)16-14(13)15/h3,11-12H,1,4-10H2,2H3/t12-/m0/s1. The van der Waals surface area contributed by atoms with E-state index in [2.05, 4.69) is 6.58 Å². The van der Waals surface area contributed by atoms with Crippen molar-refractivity contribution >= 4 is 5.97 Å². The normalized spacial score (nSPS) is 19.4. The molecule has 0 saturated carbocycles. The van der Waals surface area contributed by atoms with E-state index >= 15 is 0 Å². The first-order valence-electron chi connectivity index (χ1n) is 6.26. The maximum Gasteiger partial charge on any atom is 0.334 e. The molecule has 1 aliphatic heterocycles. The molecule has 0 aromatic rings. The highest BCUT2D eigenvalue weighted by Gasteiger charge is 2.20. The minimum absolute atomic E-state index is 0.0184. The molecule has 0 aliphatic carbocycles. The average molecular weight is 222 g/mol. The van der Waals surface area contributed by atoms with E-state index in [-0.39, 0.29) is 12.1 Å². The van der Waals surface area contributed by atoms with E-state index in [1.54, 1.807) is 0 Å². The zero-order chi connectivity index (χ0) is 11.8. The largest absolute Gasteiger partial charge is 0.455 e. The van der Waals surface area contributed by atoms with Crippen molar-refractivity contribution < 1.29 is 9.53 Å². The molecule has 0 aromatic carbocycles. The number of hydrogen-bond donors (Lipinski definition) is 0. The van der Waals surface area contributed by atoms with Crippen LogP contribution in [0.2, 0.25) is 0 Å². The SMILES string of the molecule is C=CCCCCCCCC1=C[C@H](C)OC1=O. The summed E-state index contributed by atoms with van der Waals surface area (Å²) in [6.45, 7) is 5.61. The number of rotatable bonds is 8. The number of carbonyl (C=O) groups is 1. The maximum absolute atomic E-state index is 11.3. The molecule has 0 bridgehead atoms. The topological polar surface area (TPSA) is 26.3 Å². The van der Waals surface area contributed by atoms with Crippen LogP contribution in [0.25, 0.3) is 0 Å². The molecule has 1 rings (SSSR count). The molecule has 0 fully saturated rings. The molecular formula is C14H22O2. The molecule has 0 spiro atoms. The van der Waals surface area contributed by atoms with Crippen LogP contribution in [0.1, 0.15) is 51.9 Å². The first kappa shape index (κ1) is 13.0. The summed E-state index contributed by atoms with van der Waals surface area (Å²) in [5.41, 5.74) is 0.874. The molecule has 0 N–H and O–H groups in total. The predicted octanol–water partition coefficient (Wildman–Crippen LogP) is 3.77. The molecular weight excluding hydrogens is 200 g/mol. The third-order valence-corrected chi connectivity index (χ3v) is 2.85. The van der Waals surface area contributed by atoms with E-state index in [1.165, 1.54) is 25.7 Å². The Bertz CT molecular complexity index is 266. The second-order valence-electron chi connectivity index (χ2n) is 4.40. The summed E-state index contributed by atoms with van der Waals surface area (Å²) in [5, 5.41) is 0. The Morgan fingerprint density at radius 2 is 2.00 bits per heavy atom. The summed E-state index contributed by atoms with van der Waals surface area (Å²) in [6, 6.07) is 0. The molecule has 1 aliphatic rings. The van der Waals surface area contributed by atoms with Gasteiger partial charge in [-0.25, -0.2) is 4.79 Å².